The molecule has 2 aromatic heterocycles. The summed E-state index contributed by atoms with van der Waals surface area (Å²) < 4.78 is 33.0. The molecule has 0 bridgehead atoms. The van der Waals surface area contributed by atoms with E-state index in [-0.39, 0.29) is 17.2 Å². The van der Waals surface area contributed by atoms with Gasteiger partial charge in [-0.3, -0.25) is 4.79 Å². The van der Waals surface area contributed by atoms with E-state index >= 15 is 0 Å². The third-order valence-electron chi connectivity index (χ3n) is 5.29. The van der Waals surface area contributed by atoms with Crippen LogP contribution in [-0.4, -0.2) is 36.7 Å². The smallest absolute Gasteiger partial charge is 0.243 e. The molecular weight excluding hydrogens is 434 g/mol. The third kappa shape index (κ3) is 5.06. The van der Waals surface area contributed by atoms with Crippen LogP contribution >= 0.6 is 11.3 Å². The molecule has 3 aromatic rings. The first-order chi connectivity index (χ1) is 14.9. The second kappa shape index (κ2) is 9.33. The first-order valence-corrected chi connectivity index (χ1v) is 12.7. The van der Waals surface area contributed by atoms with Crippen molar-refractivity contribution in [1.29, 1.82) is 0 Å². The lowest BCUT2D eigenvalue weighted by Gasteiger charge is -2.20. The summed E-state index contributed by atoms with van der Waals surface area (Å²) in [5, 5.41) is 4.75. The summed E-state index contributed by atoms with van der Waals surface area (Å²) in [6.07, 6.45) is 3.99. The van der Waals surface area contributed by atoms with Gasteiger partial charge in [0.1, 0.15) is 5.76 Å². The summed E-state index contributed by atoms with van der Waals surface area (Å²) in [4.78, 5) is 18.1. The maximum atomic E-state index is 12.9. The Balaban J connectivity index is 1.40. The van der Waals surface area contributed by atoms with E-state index in [1.165, 1.54) is 11.3 Å². The maximum absolute atomic E-state index is 12.9. The molecule has 0 aliphatic carbocycles. The molecule has 31 heavy (non-hydrogen) atoms. The monoisotopic (exact) mass is 459 g/mol. The molecule has 3 heterocycles. The van der Waals surface area contributed by atoms with Gasteiger partial charge in [0.15, 0.2) is 0 Å². The van der Waals surface area contributed by atoms with Crippen LogP contribution in [0.4, 0.5) is 5.69 Å². The molecule has 1 saturated heterocycles. The minimum absolute atomic E-state index is 0.0779. The van der Waals surface area contributed by atoms with Crippen LogP contribution in [0.2, 0.25) is 0 Å². The highest BCUT2D eigenvalue weighted by Gasteiger charge is 2.25. The Labute approximate surface area is 186 Å². The van der Waals surface area contributed by atoms with Gasteiger partial charge in [0, 0.05) is 18.8 Å². The molecule has 1 aliphatic rings. The number of hydrogen-bond acceptors (Lipinski definition) is 6. The number of nitrogens with zero attached hydrogens (tertiary/aromatic N) is 2. The summed E-state index contributed by atoms with van der Waals surface area (Å²) in [6, 6.07) is 10.2. The molecule has 0 atom stereocenters. The molecule has 0 radical (unpaired) electrons. The lowest BCUT2D eigenvalue weighted by Crippen LogP contribution is -2.31. The van der Waals surface area contributed by atoms with E-state index < -0.39 is 10.0 Å². The van der Waals surface area contributed by atoms with Gasteiger partial charge in [-0.15, -0.1) is 11.3 Å². The Morgan fingerprint density at radius 3 is 2.48 bits per heavy atom. The van der Waals surface area contributed by atoms with Crippen molar-refractivity contribution >= 4 is 33.0 Å². The van der Waals surface area contributed by atoms with Crippen LogP contribution in [-0.2, 0) is 21.2 Å². The minimum Gasteiger partial charge on any atom is -0.440 e. The SMILES string of the molecule is Cc1oc(-c2cccs2)nc1CC(=O)Nc1ccc(S(=O)(=O)N2CCCCCC2)cc1. The predicted octanol–water partition coefficient (Wildman–Crippen LogP) is 4.46. The van der Waals surface area contributed by atoms with Gasteiger partial charge in [-0.1, -0.05) is 18.9 Å². The number of hydrogen-bond donors (Lipinski definition) is 1. The van der Waals surface area contributed by atoms with Gasteiger partial charge in [0.2, 0.25) is 21.8 Å². The Morgan fingerprint density at radius 2 is 1.84 bits per heavy atom. The van der Waals surface area contributed by atoms with E-state index in [0.717, 1.165) is 30.6 Å². The van der Waals surface area contributed by atoms with Gasteiger partial charge in [-0.25, -0.2) is 13.4 Å². The Hall–Kier alpha value is -2.49. The number of nitrogens with one attached hydrogen (secondary N) is 1. The molecule has 164 valence electrons. The molecule has 0 unspecified atom stereocenters. The maximum Gasteiger partial charge on any atom is 0.243 e. The molecular formula is C22H25N3O4S2. The first kappa shape index (κ1) is 21.7. The predicted molar refractivity (Wildman–Crippen MR) is 121 cm³/mol. The number of thiophene rings is 1. The molecule has 1 N–H and O–H groups in total. The van der Waals surface area contributed by atoms with E-state index in [4.69, 9.17) is 4.42 Å². The van der Waals surface area contributed by atoms with Crippen LogP contribution in [0.3, 0.4) is 0 Å². The zero-order chi connectivity index (χ0) is 21.8. The highest BCUT2D eigenvalue weighted by Crippen LogP contribution is 2.26. The van der Waals surface area contributed by atoms with Gasteiger partial charge in [0.25, 0.3) is 0 Å². The second-order valence-corrected chi connectivity index (χ2v) is 10.5. The summed E-state index contributed by atoms with van der Waals surface area (Å²) in [5.74, 6) is 0.882. The molecule has 7 nitrogen and oxygen atoms in total. The van der Waals surface area contributed by atoms with Crippen LogP contribution in [0, 0.1) is 6.92 Å². The fraction of sp³-hybridized carbons (Fsp3) is 0.364. The number of sulfonamides is 1. The van der Waals surface area contributed by atoms with Gasteiger partial charge in [-0.2, -0.15) is 4.31 Å². The standard InChI is InChI=1S/C22H25N3O4S2/c1-16-19(24-22(29-16)20-7-6-14-30-20)15-21(26)23-17-8-10-18(11-9-17)31(27,28)25-12-4-2-3-5-13-25/h6-11,14H,2-5,12-13,15H2,1H3,(H,23,26). The van der Waals surface area contributed by atoms with Crippen molar-refractivity contribution < 1.29 is 17.6 Å². The van der Waals surface area contributed by atoms with Gasteiger partial charge < -0.3 is 9.73 Å². The van der Waals surface area contributed by atoms with Crippen LogP contribution in [0.25, 0.3) is 10.8 Å². The van der Waals surface area contributed by atoms with Crippen LogP contribution in [0.5, 0.6) is 0 Å². The molecule has 1 aromatic carbocycles. The van der Waals surface area contributed by atoms with Gasteiger partial charge in [-0.05, 0) is 55.5 Å². The Morgan fingerprint density at radius 1 is 1.13 bits per heavy atom. The number of anilines is 1. The van der Waals surface area contributed by atoms with E-state index in [9.17, 15) is 13.2 Å². The Kier molecular flexibility index (Phi) is 6.54. The number of carbonyl (C=O) groups is 1. The fourth-order valence-electron chi connectivity index (χ4n) is 3.60. The number of benzene rings is 1. The quantitative estimate of drug-likeness (QED) is 0.588. The van der Waals surface area contributed by atoms with Crippen molar-refractivity contribution in [3.8, 4) is 10.8 Å². The number of oxazole rings is 1. The summed E-state index contributed by atoms with van der Waals surface area (Å²) >= 11 is 1.52. The highest BCUT2D eigenvalue weighted by atomic mass is 32.2. The first-order valence-electron chi connectivity index (χ1n) is 10.3. The van der Waals surface area contributed by atoms with Crippen LogP contribution in [0.15, 0.2) is 51.1 Å². The van der Waals surface area contributed by atoms with E-state index in [2.05, 4.69) is 10.3 Å². The average molecular weight is 460 g/mol. The van der Waals surface area contributed by atoms with Crippen molar-refractivity contribution in [2.75, 3.05) is 18.4 Å². The Bertz CT molecular complexity index is 1130. The highest BCUT2D eigenvalue weighted by molar-refractivity contribution is 7.89. The fourth-order valence-corrected chi connectivity index (χ4v) is 5.76. The van der Waals surface area contributed by atoms with Crippen molar-refractivity contribution in [2.24, 2.45) is 0 Å². The van der Waals surface area contributed by atoms with Gasteiger partial charge in [0.05, 0.1) is 21.9 Å². The molecule has 1 fully saturated rings. The normalized spacial score (nSPS) is 15.5. The topological polar surface area (TPSA) is 92.5 Å². The number of aryl methyl sites for hydroxylation is 1. The molecule has 9 heteroatoms. The number of aromatic nitrogens is 1. The van der Waals surface area contributed by atoms with E-state index in [1.54, 1.807) is 35.5 Å². The number of amides is 1. The third-order valence-corrected chi connectivity index (χ3v) is 8.06. The zero-order valence-electron chi connectivity index (χ0n) is 17.3. The number of rotatable bonds is 6. The molecule has 1 amide bonds. The van der Waals surface area contributed by atoms with Crippen molar-refractivity contribution in [3.05, 3.63) is 53.2 Å². The van der Waals surface area contributed by atoms with Crippen LogP contribution < -0.4 is 5.32 Å². The van der Waals surface area contributed by atoms with Crippen molar-refractivity contribution in [3.63, 3.8) is 0 Å². The summed E-state index contributed by atoms with van der Waals surface area (Å²) in [7, 11) is -3.50. The minimum atomic E-state index is -3.50. The zero-order valence-corrected chi connectivity index (χ0v) is 19.0. The summed E-state index contributed by atoms with van der Waals surface area (Å²) in [5.41, 5.74) is 1.13. The van der Waals surface area contributed by atoms with Gasteiger partial charge >= 0.3 is 0 Å². The van der Waals surface area contributed by atoms with Crippen molar-refractivity contribution in [1.82, 2.24) is 9.29 Å². The second-order valence-electron chi connectivity index (χ2n) is 7.57. The molecule has 4 rings (SSSR count). The summed E-state index contributed by atoms with van der Waals surface area (Å²) in [6.45, 7) is 2.91. The molecule has 0 saturated carbocycles. The van der Waals surface area contributed by atoms with Crippen LogP contribution in [0.1, 0.15) is 37.1 Å². The lowest BCUT2D eigenvalue weighted by molar-refractivity contribution is -0.115. The van der Waals surface area contributed by atoms with E-state index in [1.807, 2.05) is 17.5 Å². The largest absolute Gasteiger partial charge is 0.440 e. The molecule has 1 aliphatic heterocycles. The van der Waals surface area contributed by atoms with E-state index in [0.29, 0.717) is 36.1 Å². The molecule has 0 spiro atoms. The lowest BCUT2D eigenvalue weighted by atomic mass is 10.2. The van der Waals surface area contributed by atoms with Crippen molar-refractivity contribution in [2.45, 2.75) is 43.9 Å². The average Bonchev–Trinajstić information content (AvgIpc) is 3.30. The number of carbonyl (C=O) groups excluding carboxylic acids is 1.